The van der Waals surface area contributed by atoms with E-state index in [2.05, 4.69) is 9.97 Å². The van der Waals surface area contributed by atoms with Crippen molar-refractivity contribution in [3.05, 3.63) is 74.5 Å². The fourth-order valence-corrected chi connectivity index (χ4v) is 2.87. The monoisotopic (exact) mass is 324 g/mol. The molecule has 2 heterocycles. The normalized spacial score (nSPS) is 12.3. The van der Waals surface area contributed by atoms with Crippen LogP contribution in [0.25, 0.3) is 11.4 Å². The lowest BCUT2D eigenvalue weighted by Gasteiger charge is -2.20. The molecule has 5 heteroatoms. The van der Waals surface area contributed by atoms with Crippen LogP contribution in [-0.4, -0.2) is 9.97 Å². The molecule has 1 aliphatic rings. The van der Waals surface area contributed by atoms with Gasteiger partial charge < -0.3 is 9.72 Å². The van der Waals surface area contributed by atoms with Crippen LogP contribution >= 0.6 is 11.6 Å². The minimum atomic E-state index is -0.174. The van der Waals surface area contributed by atoms with Crippen molar-refractivity contribution in [2.75, 3.05) is 0 Å². The molecule has 0 atom stereocenters. The number of para-hydroxylation sites is 1. The van der Waals surface area contributed by atoms with Gasteiger partial charge in [-0.2, -0.15) is 4.98 Å². The standard InChI is InChI=1S/C18H13ClN2O2/c1-10-3-2-4-12-9-14-17(22)20-16(21-18(14)23-15(10)12)11-5-7-13(19)8-6-11/h2-8H,9H2,1H3,(H,20,21,22). The third-order valence-corrected chi connectivity index (χ3v) is 4.21. The maximum atomic E-state index is 12.4. The molecule has 4 rings (SSSR count). The average Bonchev–Trinajstić information content (AvgIpc) is 2.55. The van der Waals surface area contributed by atoms with E-state index in [0.717, 1.165) is 22.4 Å². The number of hydrogen-bond acceptors (Lipinski definition) is 3. The molecular weight excluding hydrogens is 312 g/mol. The van der Waals surface area contributed by atoms with Crippen LogP contribution in [0.15, 0.2) is 47.3 Å². The Labute approximate surface area is 137 Å². The zero-order valence-corrected chi connectivity index (χ0v) is 13.1. The Balaban J connectivity index is 1.83. The maximum Gasteiger partial charge on any atom is 0.258 e. The zero-order chi connectivity index (χ0) is 16.0. The van der Waals surface area contributed by atoms with Crippen LogP contribution in [0.2, 0.25) is 5.02 Å². The Hall–Kier alpha value is -2.59. The summed E-state index contributed by atoms with van der Waals surface area (Å²) >= 11 is 5.90. The number of aromatic nitrogens is 2. The maximum absolute atomic E-state index is 12.4. The van der Waals surface area contributed by atoms with Gasteiger partial charge in [0.1, 0.15) is 11.6 Å². The SMILES string of the molecule is Cc1cccc2c1Oc1nc(-c3ccc(Cl)cc3)[nH]c(=O)c1C2. The molecule has 1 N–H and O–H groups in total. The second-order valence-electron chi connectivity index (χ2n) is 5.55. The molecule has 0 aliphatic carbocycles. The van der Waals surface area contributed by atoms with Gasteiger partial charge in [0.25, 0.3) is 5.56 Å². The summed E-state index contributed by atoms with van der Waals surface area (Å²) in [6.45, 7) is 1.98. The summed E-state index contributed by atoms with van der Waals surface area (Å²) in [7, 11) is 0. The second kappa shape index (κ2) is 5.25. The number of hydrogen-bond donors (Lipinski definition) is 1. The van der Waals surface area contributed by atoms with Gasteiger partial charge in [-0.25, -0.2) is 0 Å². The molecule has 2 aromatic carbocycles. The molecule has 0 radical (unpaired) electrons. The summed E-state index contributed by atoms with van der Waals surface area (Å²) in [5, 5.41) is 0.634. The van der Waals surface area contributed by atoms with Crippen LogP contribution in [0.1, 0.15) is 16.7 Å². The summed E-state index contributed by atoms with van der Waals surface area (Å²) in [5.74, 6) is 1.64. The molecule has 1 aromatic heterocycles. The highest BCUT2D eigenvalue weighted by molar-refractivity contribution is 6.30. The molecule has 114 valence electrons. The lowest BCUT2D eigenvalue weighted by atomic mass is 10.0. The number of ether oxygens (including phenoxy) is 1. The van der Waals surface area contributed by atoms with Gasteiger partial charge in [0.2, 0.25) is 5.88 Å². The Morgan fingerprint density at radius 2 is 1.96 bits per heavy atom. The van der Waals surface area contributed by atoms with E-state index in [9.17, 15) is 4.79 Å². The number of aryl methyl sites for hydroxylation is 1. The van der Waals surface area contributed by atoms with Crippen LogP contribution in [0.4, 0.5) is 0 Å². The number of aromatic amines is 1. The molecule has 0 bridgehead atoms. The van der Waals surface area contributed by atoms with E-state index in [0.29, 0.717) is 28.7 Å². The predicted molar refractivity (Wildman–Crippen MR) is 89.4 cm³/mol. The third kappa shape index (κ3) is 2.41. The fourth-order valence-electron chi connectivity index (χ4n) is 2.75. The minimum absolute atomic E-state index is 0.174. The first-order chi connectivity index (χ1) is 11.1. The van der Waals surface area contributed by atoms with E-state index in [1.807, 2.05) is 37.3 Å². The van der Waals surface area contributed by atoms with Gasteiger partial charge in [-0.3, -0.25) is 4.79 Å². The van der Waals surface area contributed by atoms with E-state index in [-0.39, 0.29) is 5.56 Å². The van der Waals surface area contributed by atoms with Crippen molar-refractivity contribution in [1.29, 1.82) is 0 Å². The van der Waals surface area contributed by atoms with Crippen LogP contribution in [0.3, 0.4) is 0 Å². The van der Waals surface area contributed by atoms with Crippen molar-refractivity contribution in [3.63, 3.8) is 0 Å². The highest BCUT2D eigenvalue weighted by atomic mass is 35.5. The van der Waals surface area contributed by atoms with Crippen molar-refractivity contribution < 1.29 is 4.74 Å². The molecular formula is C18H13ClN2O2. The van der Waals surface area contributed by atoms with Crippen molar-refractivity contribution in [1.82, 2.24) is 9.97 Å². The molecule has 1 aliphatic heterocycles. The number of rotatable bonds is 1. The lowest BCUT2D eigenvalue weighted by molar-refractivity contribution is 0.435. The molecule has 0 fully saturated rings. The van der Waals surface area contributed by atoms with Gasteiger partial charge >= 0.3 is 0 Å². The zero-order valence-electron chi connectivity index (χ0n) is 12.4. The van der Waals surface area contributed by atoms with Crippen LogP contribution < -0.4 is 10.3 Å². The first-order valence-electron chi connectivity index (χ1n) is 7.27. The van der Waals surface area contributed by atoms with Crippen LogP contribution in [0.5, 0.6) is 11.6 Å². The first-order valence-corrected chi connectivity index (χ1v) is 7.65. The number of nitrogens with one attached hydrogen (secondary N) is 1. The predicted octanol–water partition coefficient (Wildman–Crippen LogP) is 4.10. The Morgan fingerprint density at radius 3 is 2.74 bits per heavy atom. The Bertz CT molecular complexity index is 962. The average molecular weight is 325 g/mol. The molecule has 0 unspecified atom stereocenters. The molecule has 23 heavy (non-hydrogen) atoms. The van der Waals surface area contributed by atoms with Crippen molar-refractivity contribution in [3.8, 4) is 23.0 Å². The molecule has 0 spiro atoms. The van der Waals surface area contributed by atoms with Gasteiger partial charge in [-0.05, 0) is 42.3 Å². The van der Waals surface area contributed by atoms with E-state index in [4.69, 9.17) is 16.3 Å². The van der Waals surface area contributed by atoms with Gasteiger partial charge in [-0.15, -0.1) is 0 Å². The summed E-state index contributed by atoms with van der Waals surface area (Å²) in [6.07, 6.45) is 0.523. The summed E-state index contributed by atoms with van der Waals surface area (Å²) in [5.41, 5.74) is 3.20. The Kier molecular flexibility index (Phi) is 3.20. The van der Waals surface area contributed by atoms with E-state index in [1.165, 1.54) is 0 Å². The number of fused-ring (bicyclic) bond motifs is 2. The highest BCUT2D eigenvalue weighted by Gasteiger charge is 2.23. The minimum Gasteiger partial charge on any atom is -0.438 e. The number of halogens is 1. The van der Waals surface area contributed by atoms with E-state index >= 15 is 0 Å². The number of nitrogens with zero attached hydrogens (tertiary/aromatic N) is 1. The van der Waals surface area contributed by atoms with Gasteiger partial charge in [-0.1, -0.05) is 29.8 Å². The third-order valence-electron chi connectivity index (χ3n) is 3.95. The highest BCUT2D eigenvalue weighted by Crippen LogP contribution is 2.36. The molecule has 4 nitrogen and oxygen atoms in total. The lowest BCUT2D eigenvalue weighted by Crippen LogP contribution is -2.20. The van der Waals surface area contributed by atoms with Gasteiger partial charge in [0.15, 0.2) is 0 Å². The first kappa shape index (κ1) is 14.0. The van der Waals surface area contributed by atoms with E-state index in [1.54, 1.807) is 12.1 Å². The van der Waals surface area contributed by atoms with Crippen LogP contribution in [-0.2, 0) is 6.42 Å². The topological polar surface area (TPSA) is 55.0 Å². The summed E-state index contributed by atoms with van der Waals surface area (Å²) in [4.78, 5) is 19.7. The Morgan fingerprint density at radius 1 is 1.17 bits per heavy atom. The van der Waals surface area contributed by atoms with Crippen molar-refractivity contribution in [2.24, 2.45) is 0 Å². The molecule has 0 saturated heterocycles. The molecule has 3 aromatic rings. The largest absolute Gasteiger partial charge is 0.438 e. The summed E-state index contributed by atoms with van der Waals surface area (Å²) < 4.78 is 5.92. The smallest absolute Gasteiger partial charge is 0.258 e. The second-order valence-corrected chi connectivity index (χ2v) is 5.98. The van der Waals surface area contributed by atoms with Gasteiger partial charge in [0, 0.05) is 17.0 Å². The van der Waals surface area contributed by atoms with Crippen molar-refractivity contribution >= 4 is 11.6 Å². The molecule has 0 saturated carbocycles. The quantitative estimate of drug-likeness (QED) is 0.573. The van der Waals surface area contributed by atoms with Gasteiger partial charge in [0.05, 0.1) is 5.56 Å². The van der Waals surface area contributed by atoms with E-state index < -0.39 is 0 Å². The number of H-pyrrole nitrogens is 1. The number of benzene rings is 2. The van der Waals surface area contributed by atoms with Crippen molar-refractivity contribution in [2.45, 2.75) is 13.3 Å². The molecule has 0 amide bonds. The van der Waals surface area contributed by atoms with Crippen LogP contribution in [0, 0.1) is 6.92 Å². The summed E-state index contributed by atoms with van der Waals surface area (Å²) in [6, 6.07) is 13.1. The fraction of sp³-hybridized carbons (Fsp3) is 0.111.